The first-order valence-electron chi connectivity index (χ1n) is 7.39. The number of hydrogen-bond donors (Lipinski definition) is 1. The standard InChI is InChI=1S/C12H10O.C7H12O3/c13-12-9-5-4-8-11(12)10-6-2-1-3-7-10;1-3-7(8)10-6-5-9-4-2/h1-9,13H;3H,1,4-6H2,2H3. The summed E-state index contributed by atoms with van der Waals surface area (Å²) in [4.78, 5) is 10.4. The summed E-state index contributed by atoms with van der Waals surface area (Å²) in [5, 5.41) is 9.56. The average Bonchev–Trinajstić information content (AvgIpc) is 2.60. The first kappa shape index (κ1) is 18.5. The molecule has 0 aliphatic heterocycles. The summed E-state index contributed by atoms with van der Waals surface area (Å²) < 4.78 is 9.53. The smallest absolute Gasteiger partial charge is 0.330 e. The summed E-state index contributed by atoms with van der Waals surface area (Å²) in [6.45, 7) is 6.53. The molecule has 0 fully saturated rings. The van der Waals surface area contributed by atoms with Crippen LogP contribution in [0.5, 0.6) is 5.75 Å². The third kappa shape index (κ3) is 7.29. The maximum atomic E-state index is 10.4. The summed E-state index contributed by atoms with van der Waals surface area (Å²) in [5.41, 5.74) is 1.92. The molecule has 0 heterocycles. The third-order valence-electron chi connectivity index (χ3n) is 2.83. The lowest BCUT2D eigenvalue weighted by Gasteiger charge is -2.02. The van der Waals surface area contributed by atoms with E-state index in [1.807, 2.05) is 55.5 Å². The zero-order valence-corrected chi connectivity index (χ0v) is 13.3. The first-order valence-corrected chi connectivity index (χ1v) is 7.39. The van der Waals surface area contributed by atoms with Crippen LogP contribution in [0.3, 0.4) is 0 Å². The molecule has 4 nitrogen and oxygen atoms in total. The Morgan fingerprint density at radius 1 is 1.09 bits per heavy atom. The molecular formula is C19H22O4. The minimum absolute atomic E-state index is 0.304. The van der Waals surface area contributed by atoms with Crippen molar-refractivity contribution in [1.82, 2.24) is 0 Å². The van der Waals surface area contributed by atoms with E-state index >= 15 is 0 Å². The minimum Gasteiger partial charge on any atom is -0.507 e. The highest BCUT2D eigenvalue weighted by molar-refractivity contribution is 5.81. The van der Waals surface area contributed by atoms with Gasteiger partial charge in [0.25, 0.3) is 0 Å². The van der Waals surface area contributed by atoms with E-state index < -0.39 is 5.97 Å². The van der Waals surface area contributed by atoms with Crippen molar-refractivity contribution in [2.24, 2.45) is 0 Å². The van der Waals surface area contributed by atoms with Crippen LogP contribution in [0, 0.1) is 0 Å². The molecule has 0 amide bonds. The van der Waals surface area contributed by atoms with Crippen LogP contribution in [-0.4, -0.2) is 30.9 Å². The van der Waals surface area contributed by atoms with Crippen molar-refractivity contribution in [1.29, 1.82) is 0 Å². The van der Waals surface area contributed by atoms with Gasteiger partial charge >= 0.3 is 5.97 Å². The molecule has 0 atom stereocenters. The van der Waals surface area contributed by atoms with Crippen LogP contribution in [-0.2, 0) is 14.3 Å². The van der Waals surface area contributed by atoms with Crippen LogP contribution in [0.1, 0.15) is 6.92 Å². The molecule has 4 heteroatoms. The third-order valence-corrected chi connectivity index (χ3v) is 2.83. The fourth-order valence-corrected chi connectivity index (χ4v) is 1.74. The van der Waals surface area contributed by atoms with Crippen molar-refractivity contribution < 1.29 is 19.4 Å². The summed E-state index contributed by atoms with van der Waals surface area (Å²) in [5.74, 6) is -0.0756. The molecule has 0 aliphatic carbocycles. The second-order valence-electron chi connectivity index (χ2n) is 4.45. The lowest BCUT2D eigenvalue weighted by molar-refractivity contribution is -0.139. The Morgan fingerprint density at radius 3 is 2.35 bits per heavy atom. The van der Waals surface area contributed by atoms with E-state index in [0.29, 0.717) is 25.6 Å². The Kier molecular flexibility index (Phi) is 8.86. The van der Waals surface area contributed by atoms with Gasteiger partial charge in [-0.2, -0.15) is 0 Å². The number of para-hydroxylation sites is 1. The van der Waals surface area contributed by atoms with E-state index in [4.69, 9.17) is 4.74 Å². The monoisotopic (exact) mass is 314 g/mol. The van der Waals surface area contributed by atoms with Crippen LogP contribution in [0.2, 0.25) is 0 Å². The molecule has 0 spiro atoms. The number of aromatic hydroxyl groups is 1. The van der Waals surface area contributed by atoms with Gasteiger partial charge in [0.15, 0.2) is 0 Å². The topological polar surface area (TPSA) is 55.8 Å². The van der Waals surface area contributed by atoms with Gasteiger partial charge < -0.3 is 14.6 Å². The molecule has 0 saturated heterocycles. The lowest BCUT2D eigenvalue weighted by atomic mass is 10.1. The summed E-state index contributed by atoms with van der Waals surface area (Å²) in [6.07, 6.45) is 1.13. The van der Waals surface area contributed by atoms with E-state index in [2.05, 4.69) is 11.3 Å². The highest BCUT2D eigenvalue weighted by Gasteiger charge is 2.00. The highest BCUT2D eigenvalue weighted by atomic mass is 16.6. The second-order valence-corrected chi connectivity index (χ2v) is 4.45. The Labute approximate surface area is 137 Å². The molecule has 23 heavy (non-hydrogen) atoms. The number of carbonyl (C=O) groups excluding carboxylic acids is 1. The van der Waals surface area contributed by atoms with Gasteiger partial charge in [-0.05, 0) is 18.6 Å². The number of hydrogen-bond acceptors (Lipinski definition) is 4. The largest absolute Gasteiger partial charge is 0.507 e. The van der Waals surface area contributed by atoms with Gasteiger partial charge in [-0.3, -0.25) is 0 Å². The van der Waals surface area contributed by atoms with E-state index in [-0.39, 0.29) is 0 Å². The summed E-state index contributed by atoms with van der Waals surface area (Å²) in [6, 6.07) is 17.2. The van der Waals surface area contributed by atoms with Crippen molar-refractivity contribution in [2.45, 2.75) is 6.92 Å². The van der Waals surface area contributed by atoms with Crippen LogP contribution >= 0.6 is 0 Å². The van der Waals surface area contributed by atoms with Crippen LogP contribution in [0.15, 0.2) is 67.3 Å². The number of carbonyl (C=O) groups is 1. The van der Waals surface area contributed by atoms with Gasteiger partial charge in [0.2, 0.25) is 0 Å². The number of phenolic OH excluding ortho intramolecular Hbond substituents is 1. The first-order chi connectivity index (χ1) is 11.2. The number of phenols is 1. The molecule has 0 aromatic heterocycles. The minimum atomic E-state index is -0.403. The normalized spacial score (nSPS) is 9.43. The summed E-state index contributed by atoms with van der Waals surface area (Å²) >= 11 is 0. The summed E-state index contributed by atoms with van der Waals surface area (Å²) in [7, 11) is 0. The zero-order valence-electron chi connectivity index (χ0n) is 13.3. The number of rotatable bonds is 6. The van der Waals surface area contributed by atoms with Crippen molar-refractivity contribution in [3.05, 3.63) is 67.3 Å². The van der Waals surface area contributed by atoms with Crippen molar-refractivity contribution in [3.63, 3.8) is 0 Å². The molecule has 122 valence electrons. The van der Waals surface area contributed by atoms with Crippen LogP contribution in [0.4, 0.5) is 0 Å². The van der Waals surface area contributed by atoms with Crippen LogP contribution in [0.25, 0.3) is 11.1 Å². The molecule has 0 radical (unpaired) electrons. The Morgan fingerprint density at radius 2 is 1.74 bits per heavy atom. The van der Waals surface area contributed by atoms with Crippen molar-refractivity contribution in [3.8, 4) is 16.9 Å². The Balaban J connectivity index is 0.000000241. The van der Waals surface area contributed by atoms with Crippen LogP contribution < -0.4 is 0 Å². The maximum Gasteiger partial charge on any atom is 0.330 e. The van der Waals surface area contributed by atoms with Gasteiger partial charge in [0.1, 0.15) is 12.4 Å². The molecule has 2 aromatic rings. The zero-order chi connectivity index (χ0) is 16.9. The van der Waals surface area contributed by atoms with E-state index in [0.717, 1.165) is 17.2 Å². The van der Waals surface area contributed by atoms with Crippen molar-refractivity contribution >= 4 is 5.97 Å². The predicted molar refractivity (Wildman–Crippen MR) is 91.2 cm³/mol. The predicted octanol–water partition coefficient (Wildman–Crippen LogP) is 3.81. The average molecular weight is 314 g/mol. The lowest BCUT2D eigenvalue weighted by Crippen LogP contribution is -2.07. The fourth-order valence-electron chi connectivity index (χ4n) is 1.74. The number of esters is 1. The molecule has 2 rings (SSSR count). The van der Waals surface area contributed by atoms with Gasteiger partial charge in [-0.1, -0.05) is 55.1 Å². The molecule has 1 N–H and O–H groups in total. The number of ether oxygens (including phenoxy) is 2. The fraction of sp³-hybridized carbons (Fsp3) is 0.211. The van der Waals surface area contributed by atoms with Gasteiger partial charge in [-0.25, -0.2) is 4.79 Å². The molecule has 0 saturated carbocycles. The van der Waals surface area contributed by atoms with Crippen molar-refractivity contribution in [2.75, 3.05) is 19.8 Å². The Hall–Kier alpha value is -2.59. The molecule has 0 bridgehead atoms. The maximum absolute atomic E-state index is 10.4. The molecule has 0 unspecified atom stereocenters. The second kappa shape index (κ2) is 11.0. The van der Waals surface area contributed by atoms with E-state index in [1.54, 1.807) is 6.07 Å². The molecular weight excluding hydrogens is 292 g/mol. The number of benzene rings is 2. The SMILES string of the molecule is C=CC(=O)OCCOCC.Oc1ccccc1-c1ccccc1. The van der Waals surface area contributed by atoms with E-state index in [9.17, 15) is 9.90 Å². The van der Waals surface area contributed by atoms with E-state index in [1.165, 1.54) is 0 Å². The Bertz CT molecular complexity index is 593. The van der Waals surface area contributed by atoms with Gasteiger partial charge in [0, 0.05) is 18.2 Å². The highest BCUT2D eigenvalue weighted by Crippen LogP contribution is 2.27. The van der Waals surface area contributed by atoms with Gasteiger partial charge in [0.05, 0.1) is 6.61 Å². The molecule has 0 aliphatic rings. The molecule has 2 aromatic carbocycles. The quantitative estimate of drug-likeness (QED) is 0.500. The van der Waals surface area contributed by atoms with Gasteiger partial charge in [-0.15, -0.1) is 0 Å².